The standard InChI is InChI=1S/C23H26ClN3O3/c24-19-8-4-9-20(16-19)25-12-14-26(15-13-25)22(28)21-10-5-11-27(21)23(29)30-17-18-6-2-1-3-7-18/h1-4,6-9,16,21H,5,10-15,17H2/t21-/m0/s1. The summed E-state index contributed by atoms with van der Waals surface area (Å²) in [6, 6.07) is 16.9. The zero-order valence-electron chi connectivity index (χ0n) is 16.9. The molecule has 2 heterocycles. The second-order valence-corrected chi connectivity index (χ2v) is 8.12. The van der Waals surface area contributed by atoms with Crippen molar-refractivity contribution in [3.63, 3.8) is 0 Å². The van der Waals surface area contributed by atoms with Crippen LogP contribution in [0.5, 0.6) is 0 Å². The summed E-state index contributed by atoms with van der Waals surface area (Å²) >= 11 is 6.10. The van der Waals surface area contributed by atoms with Crippen molar-refractivity contribution in [1.82, 2.24) is 9.80 Å². The van der Waals surface area contributed by atoms with Crippen LogP contribution < -0.4 is 4.90 Å². The molecule has 2 amide bonds. The number of nitrogens with zero attached hydrogens (tertiary/aromatic N) is 3. The van der Waals surface area contributed by atoms with E-state index in [1.807, 2.05) is 59.5 Å². The van der Waals surface area contributed by atoms with Crippen molar-refractivity contribution in [2.24, 2.45) is 0 Å². The number of piperazine rings is 1. The lowest BCUT2D eigenvalue weighted by Crippen LogP contribution is -2.54. The van der Waals surface area contributed by atoms with E-state index in [-0.39, 0.29) is 12.5 Å². The quantitative estimate of drug-likeness (QED) is 0.745. The molecule has 0 spiro atoms. The lowest BCUT2D eigenvalue weighted by Gasteiger charge is -2.38. The van der Waals surface area contributed by atoms with Gasteiger partial charge in [-0.1, -0.05) is 48.0 Å². The van der Waals surface area contributed by atoms with Crippen LogP contribution in [0.1, 0.15) is 18.4 Å². The third-order valence-corrected chi connectivity index (χ3v) is 5.98. The second-order valence-electron chi connectivity index (χ2n) is 7.68. The van der Waals surface area contributed by atoms with Crippen LogP contribution in [0.4, 0.5) is 10.5 Å². The first-order valence-electron chi connectivity index (χ1n) is 10.4. The van der Waals surface area contributed by atoms with Gasteiger partial charge in [-0.2, -0.15) is 0 Å². The fourth-order valence-corrected chi connectivity index (χ4v) is 4.30. The highest BCUT2D eigenvalue weighted by Crippen LogP contribution is 2.24. The van der Waals surface area contributed by atoms with Crippen molar-refractivity contribution < 1.29 is 14.3 Å². The minimum Gasteiger partial charge on any atom is -0.445 e. The summed E-state index contributed by atoms with van der Waals surface area (Å²) in [6.45, 7) is 3.54. The van der Waals surface area contributed by atoms with Gasteiger partial charge in [0.15, 0.2) is 0 Å². The number of amides is 2. The van der Waals surface area contributed by atoms with Gasteiger partial charge >= 0.3 is 6.09 Å². The van der Waals surface area contributed by atoms with E-state index in [9.17, 15) is 9.59 Å². The molecule has 2 aliphatic heterocycles. The summed E-state index contributed by atoms with van der Waals surface area (Å²) in [7, 11) is 0. The Morgan fingerprint density at radius 3 is 2.47 bits per heavy atom. The first-order valence-corrected chi connectivity index (χ1v) is 10.8. The first-order chi connectivity index (χ1) is 14.6. The van der Waals surface area contributed by atoms with Crippen molar-refractivity contribution in [3.8, 4) is 0 Å². The minimum atomic E-state index is -0.425. The molecule has 0 aliphatic carbocycles. The molecule has 0 bridgehead atoms. The van der Waals surface area contributed by atoms with E-state index in [0.717, 1.165) is 30.8 Å². The molecule has 7 heteroatoms. The summed E-state index contributed by atoms with van der Waals surface area (Å²) in [4.78, 5) is 31.4. The highest BCUT2D eigenvalue weighted by Gasteiger charge is 2.38. The smallest absolute Gasteiger partial charge is 0.410 e. The Balaban J connectivity index is 1.32. The number of benzene rings is 2. The lowest BCUT2D eigenvalue weighted by molar-refractivity contribution is -0.135. The maximum atomic E-state index is 13.1. The molecule has 0 unspecified atom stereocenters. The molecule has 2 aliphatic rings. The third-order valence-electron chi connectivity index (χ3n) is 5.74. The fraction of sp³-hybridized carbons (Fsp3) is 0.391. The number of hydrogen-bond donors (Lipinski definition) is 0. The van der Waals surface area contributed by atoms with Crippen LogP contribution in [0.25, 0.3) is 0 Å². The van der Waals surface area contributed by atoms with E-state index in [1.165, 1.54) is 0 Å². The number of hydrogen-bond acceptors (Lipinski definition) is 4. The Bertz CT molecular complexity index is 884. The molecule has 158 valence electrons. The molecule has 0 radical (unpaired) electrons. The van der Waals surface area contributed by atoms with Crippen LogP contribution in [0.2, 0.25) is 5.02 Å². The highest BCUT2D eigenvalue weighted by molar-refractivity contribution is 6.30. The molecular formula is C23H26ClN3O3. The maximum absolute atomic E-state index is 13.1. The number of ether oxygens (including phenoxy) is 1. The van der Waals surface area contributed by atoms with Crippen LogP contribution in [0.15, 0.2) is 54.6 Å². The second kappa shape index (κ2) is 9.39. The summed E-state index contributed by atoms with van der Waals surface area (Å²) < 4.78 is 5.46. The highest BCUT2D eigenvalue weighted by atomic mass is 35.5. The molecule has 6 nitrogen and oxygen atoms in total. The largest absolute Gasteiger partial charge is 0.445 e. The molecule has 2 saturated heterocycles. The number of anilines is 1. The Hall–Kier alpha value is -2.73. The number of carbonyl (C=O) groups is 2. The molecule has 2 fully saturated rings. The van der Waals surface area contributed by atoms with Crippen molar-refractivity contribution >= 4 is 29.3 Å². The molecule has 0 N–H and O–H groups in total. The van der Waals surface area contributed by atoms with E-state index in [1.54, 1.807) is 4.90 Å². The Morgan fingerprint density at radius 2 is 1.73 bits per heavy atom. The molecule has 4 rings (SSSR count). The third kappa shape index (κ3) is 4.70. The van der Waals surface area contributed by atoms with Crippen LogP contribution in [-0.2, 0) is 16.1 Å². The first kappa shape index (κ1) is 20.5. The zero-order chi connectivity index (χ0) is 20.9. The monoisotopic (exact) mass is 427 g/mol. The van der Waals surface area contributed by atoms with Crippen LogP contribution in [0.3, 0.4) is 0 Å². The predicted molar refractivity (Wildman–Crippen MR) is 117 cm³/mol. The van der Waals surface area contributed by atoms with Crippen LogP contribution in [-0.4, -0.2) is 60.6 Å². The van der Waals surface area contributed by atoms with Gasteiger partial charge in [-0.3, -0.25) is 9.69 Å². The van der Waals surface area contributed by atoms with E-state index in [2.05, 4.69) is 4.90 Å². The Morgan fingerprint density at radius 1 is 0.967 bits per heavy atom. The molecule has 2 aromatic carbocycles. The van der Waals surface area contributed by atoms with Gasteiger partial charge in [-0.25, -0.2) is 4.79 Å². The summed E-state index contributed by atoms with van der Waals surface area (Å²) in [6.07, 6.45) is 1.10. The summed E-state index contributed by atoms with van der Waals surface area (Å²) in [5.41, 5.74) is 2.01. The van der Waals surface area contributed by atoms with Crippen molar-refractivity contribution in [2.45, 2.75) is 25.5 Å². The molecular weight excluding hydrogens is 402 g/mol. The van der Waals surface area contributed by atoms with E-state index in [4.69, 9.17) is 16.3 Å². The van der Waals surface area contributed by atoms with E-state index >= 15 is 0 Å². The minimum absolute atomic E-state index is 0.0231. The van der Waals surface area contributed by atoms with Gasteiger partial charge in [0.05, 0.1) is 0 Å². The van der Waals surface area contributed by atoms with Gasteiger partial charge in [0.25, 0.3) is 0 Å². The zero-order valence-corrected chi connectivity index (χ0v) is 17.6. The number of carbonyl (C=O) groups excluding carboxylic acids is 2. The Labute approximate surface area is 182 Å². The molecule has 0 saturated carbocycles. The van der Waals surface area contributed by atoms with Gasteiger partial charge < -0.3 is 14.5 Å². The number of rotatable bonds is 4. The van der Waals surface area contributed by atoms with Gasteiger partial charge in [0, 0.05) is 43.4 Å². The summed E-state index contributed by atoms with van der Waals surface area (Å²) in [5.74, 6) is 0.0231. The average molecular weight is 428 g/mol. The number of halogens is 1. The van der Waals surface area contributed by atoms with Crippen LogP contribution in [0, 0.1) is 0 Å². The van der Waals surface area contributed by atoms with Gasteiger partial charge in [-0.05, 0) is 36.6 Å². The predicted octanol–water partition coefficient (Wildman–Crippen LogP) is 3.79. The molecule has 2 aromatic rings. The average Bonchev–Trinajstić information content (AvgIpc) is 3.28. The topological polar surface area (TPSA) is 53.1 Å². The van der Waals surface area contributed by atoms with Crippen LogP contribution >= 0.6 is 11.6 Å². The summed E-state index contributed by atoms with van der Waals surface area (Å²) in [5, 5.41) is 0.710. The lowest BCUT2D eigenvalue weighted by atomic mass is 10.1. The van der Waals surface area contributed by atoms with Crippen molar-refractivity contribution in [2.75, 3.05) is 37.6 Å². The normalized spacial score (nSPS) is 19.1. The van der Waals surface area contributed by atoms with Gasteiger partial charge in [0.1, 0.15) is 12.6 Å². The Kier molecular flexibility index (Phi) is 6.43. The SMILES string of the molecule is O=C([C@@H]1CCCN1C(=O)OCc1ccccc1)N1CCN(c2cccc(Cl)c2)CC1. The molecule has 0 aromatic heterocycles. The van der Waals surface area contributed by atoms with Crippen molar-refractivity contribution in [1.29, 1.82) is 0 Å². The van der Waals surface area contributed by atoms with Gasteiger partial charge in [0.2, 0.25) is 5.91 Å². The maximum Gasteiger partial charge on any atom is 0.410 e. The van der Waals surface area contributed by atoms with Crippen molar-refractivity contribution in [3.05, 3.63) is 65.2 Å². The van der Waals surface area contributed by atoms with Gasteiger partial charge in [-0.15, -0.1) is 0 Å². The fourth-order valence-electron chi connectivity index (χ4n) is 4.11. The molecule has 30 heavy (non-hydrogen) atoms. The molecule has 1 atom stereocenters. The number of likely N-dealkylation sites (tertiary alicyclic amines) is 1. The van der Waals surface area contributed by atoms with E-state index in [0.29, 0.717) is 31.1 Å². The van der Waals surface area contributed by atoms with E-state index < -0.39 is 12.1 Å².